The van der Waals surface area contributed by atoms with E-state index in [2.05, 4.69) is 112 Å². The Kier molecular flexibility index (Phi) is 47.7. The van der Waals surface area contributed by atoms with Crippen LogP contribution in [0.3, 0.4) is 0 Å². The number of carbonyl (C=O) groups is 3. The SMILES string of the molecule is CC/C=C/C=C/C=C/C=C/C=C/C=C/CCCCCC(=O)OCC(COC(=O)CC/C=C/C/C=C/CCCCCCCC)OC(=O)CCC/C=C/C/C=C/C/C=C/C/C=C/C/C=C/CC. The molecule has 1 atom stereocenters. The summed E-state index contributed by atoms with van der Waals surface area (Å²) in [7, 11) is 0. The number of esters is 3. The molecule has 0 aliphatic heterocycles. The third-order valence-electron chi connectivity index (χ3n) is 9.67. The fraction of sp³-hybridized carbons (Fsp3) is 0.508. The highest BCUT2D eigenvalue weighted by atomic mass is 16.6. The Morgan fingerprint density at radius 3 is 1.26 bits per heavy atom. The van der Waals surface area contributed by atoms with Gasteiger partial charge in [0.2, 0.25) is 0 Å². The molecule has 0 aromatic rings. The van der Waals surface area contributed by atoms with Crippen molar-refractivity contribution < 1.29 is 28.6 Å². The van der Waals surface area contributed by atoms with Gasteiger partial charge in [0.25, 0.3) is 0 Å². The third-order valence-corrected chi connectivity index (χ3v) is 9.67. The summed E-state index contributed by atoms with van der Waals surface area (Å²) in [6.07, 6.45) is 75.2. The zero-order chi connectivity index (χ0) is 47.2. The summed E-state index contributed by atoms with van der Waals surface area (Å²) < 4.78 is 16.6. The topological polar surface area (TPSA) is 78.9 Å². The molecule has 0 radical (unpaired) electrons. The van der Waals surface area contributed by atoms with Gasteiger partial charge < -0.3 is 14.2 Å². The number of carbonyl (C=O) groups excluding carboxylic acids is 3. The number of hydrogen-bond acceptors (Lipinski definition) is 6. The molecule has 0 aromatic heterocycles. The summed E-state index contributed by atoms with van der Waals surface area (Å²) in [5, 5.41) is 0. The molecule has 0 saturated heterocycles. The average molecular weight is 893 g/mol. The van der Waals surface area contributed by atoms with Crippen LogP contribution in [-0.4, -0.2) is 37.2 Å². The summed E-state index contributed by atoms with van der Waals surface area (Å²) in [6, 6.07) is 0. The van der Waals surface area contributed by atoms with Gasteiger partial charge in [-0.1, -0.05) is 217 Å². The molecule has 0 aliphatic rings. The van der Waals surface area contributed by atoms with Crippen LogP contribution in [0.4, 0.5) is 0 Å². The molecule has 6 nitrogen and oxygen atoms in total. The highest BCUT2D eigenvalue weighted by Crippen LogP contribution is 2.10. The molecular formula is C59H88O6. The van der Waals surface area contributed by atoms with Crippen LogP contribution in [0, 0.1) is 0 Å². The quantitative estimate of drug-likeness (QED) is 0.0200. The molecule has 1 unspecified atom stereocenters. The monoisotopic (exact) mass is 893 g/mol. The van der Waals surface area contributed by atoms with E-state index in [-0.39, 0.29) is 44.4 Å². The van der Waals surface area contributed by atoms with Crippen molar-refractivity contribution in [3.63, 3.8) is 0 Å². The van der Waals surface area contributed by atoms with Crippen molar-refractivity contribution in [2.24, 2.45) is 0 Å². The van der Waals surface area contributed by atoms with Crippen LogP contribution in [0.25, 0.3) is 0 Å². The standard InChI is InChI=1S/C59H88O6/c1-4-7-10-13-16-19-22-25-27-29-31-34-37-40-43-46-49-52-58(61)64-55-56(54-63-57(60)51-48-45-42-39-36-33-24-21-18-15-12-9-6-3)65-59(62)53-50-47-44-41-38-35-32-30-28-26-23-20-17-14-11-8-5-2/h7-8,10-11,13,16-17,19-20,22,25-29,31-37,41-42,44-45,56H,4-6,9,12,14-15,18,21,23-24,30,38-40,43,46-55H2,1-3H3/b10-7+,11-8+,16-13+,20-17+,22-19+,27-25+,28-26+,31-29+,35-32+,36-33+,37-34+,44-41+,45-42+. The highest BCUT2D eigenvalue weighted by molar-refractivity contribution is 5.71. The van der Waals surface area contributed by atoms with E-state index in [4.69, 9.17) is 14.2 Å². The lowest BCUT2D eigenvalue weighted by molar-refractivity contribution is -0.166. The molecule has 0 amide bonds. The smallest absolute Gasteiger partial charge is 0.306 e. The first-order chi connectivity index (χ1) is 32.0. The lowest BCUT2D eigenvalue weighted by Crippen LogP contribution is -2.30. The molecule has 65 heavy (non-hydrogen) atoms. The van der Waals surface area contributed by atoms with Gasteiger partial charge in [0.05, 0.1) is 0 Å². The predicted octanol–water partition coefficient (Wildman–Crippen LogP) is 16.6. The summed E-state index contributed by atoms with van der Waals surface area (Å²) in [6.45, 7) is 6.19. The maximum absolute atomic E-state index is 12.8. The van der Waals surface area contributed by atoms with Gasteiger partial charge in [0, 0.05) is 19.3 Å². The van der Waals surface area contributed by atoms with Gasteiger partial charge in [-0.3, -0.25) is 14.4 Å². The van der Waals surface area contributed by atoms with Crippen LogP contribution in [0.1, 0.15) is 175 Å². The van der Waals surface area contributed by atoms with E-state index in [1.165, 1.54) is 38.5 Å². The second-order valence-corrected chi connectivity index (χ2v) is 15.8. The van der Waals surface area contributed by atoms with Crippen LogP contribution in [0.5, 0.6) is 0 Å². The van der Waals surface area contributed by atoms with Crippen molar-refractivity contribution in [1.29, 1.82) is 0 Å². The van der Waals surface area contributed by atoms with Crippen molar-refractivity contribution in [2.75, 3.05) is 13.2 Å². The Bertz CT molecular complexity index is 1540. The second-order valence-electron chi connectivity index (χ2n) is 15.8. The molecule has 360 valence electrons. The zero-order valence-electron chi connectivity index (χ0n) is 40.9. The molecular weight excluding hydrogens is 805 g/mol. The van der Waals surface area contributed by atoms with E-state index in [0.29, 0.717) is 19.3 Å². The van der Waals surface area contributed by atoms with Gasteiger partial charge in [-0.2, -0.15) is 0 Å². The normalized spacial score (nSPS) is 13.5. The lowest BCUT2D eigenvalue weighted by Gasteiger charge is -2.18. The lowest BCUT2D eigenvalue weighted by atomic mass is 10.1. The van der Waals surface area contributed by atoms with Crippen LogP contribution >= 0.6 is 0 Å². The number of hydrogen-bond donors (Lipinski definition) is 0. The van der Waals surface area contributed by atoms with Gasteiger partial charge >= 0.3 is 17.9 Å². The van der Waals surface area contributed by atoms with Crippen LogP contribution in [0.15, 0.2) is 158 Å². The summed E-state index contributed by atoms with van der Waals surface area (Å²) in [5.41, 5.74) is 0. The molecule has 0 rings (SSSR count). The molecule has 0 aromatic carbocycles. The first kappa shape index (κ1) is 60.0. The fourth-order valence-electron chi connectivity index (χ4n) is 5.97. The minimum Gasteiger partial charge on any atom is -0.462 e. The Morgan fingerprint density at radius 2 is 0.723 bits per heavy atom. The summed E-state index contributed by atoms with van der Waals surface area (Å²) >= 11 is 0. The summed E-state index contributed by atoms with van der Waals surface area (Å²) in [5.74, 6) is -1.13. The Balaban J connectivity index is 4.68. The molecule has 0 saturated carbocycles. The van der Waals surface area contributed by atoms with Crippen molar-refractivity contribution in [2.45, 2.75) is 181 Å². The van der Waals surface area contributed by atoms with Gasteiger partial charge in [-0.05, 0) is 96.3 Å². The second kappa shape index (κ2) is 51.7. The molecule has 0 spiro atoms. The first-order valence-corrected chi connectivity index (χ1v) is 25.1. The van der Waals surface area contributed by atoms with Crippen LogP contribution < -0.4 is 0 Å². The molecule has 0 N–H and O–H groups in total. The van der Waals surface area contributed by atoms with Crippen molar-refractivity contribution in [1.82, 2.24) is 0 Å². The van der Waals surface area contributed by atoms with Crippen LogP contribution in [-0.2, 0) is 28.6 Å². The van der Waals surface area contributed by atoms with Gasteiger partial charge in [0.15, 0.2) is 6.10 Å². The zero-order valence-corrected chi connectivity index (χ0v) is 40.9. The molecule has 0 bridgehead atoms. The summed E-state index contributed by atoms with van der Waals surface area (Å²) in [4.78, 5) is 37.9. The Morgan fingerprint density at radius 1 is 0.338 bits per heavy atom. The largest absolute Gasteiger partial charge is 0.462 e. The van der Waals surface area contributed by atoms with Gasteiger partial charge in [-0.15, -0.1) is 0 Å². The number of unbranched alkanes of at least 4 members (excludes halogenated alkanes) is 10. The van der Waals surface area contributed by atoms with E-state index in [9.17, 15) is 14.4 Å². The van der Waals surface area contributed by atoms with E-state index < -0.39 is 12.1 Å². The van der Waals surface area contributed by atoms with E-state index in [0.717, 1.165) is 77.0 Å². The Hall–Kier alpha value is -4.97. The Labute approximate surface area is 397 Å². The third kappa shape index (κ3) is 49.9. The fourth-order valence-corrected chi connectivity index (χ4v) is 5.97. The molecule has 0 heterocycles. The van der Waals surface area contributed by atoms with Gasteiger partial charge in [-0.25, -0.2) is 0 Å². The van der Waals surface area contributed by atoms with Crippen molar-refractivity contribution in [3.8, 4) is 0 Å². The van der Waals surface area contributed by atoms with Crippen LogP contribution in [0.2, 0.25) is 0 Å². The maximum Gasteiger partial charge on any atom is 0.306 e. The minimum atomic E-state index is -0.856. The van der Waals surface area contributed by atoms with Crippen molar-refractivity contribution in [3.05, 3.63) is 158 Å². The molecule has 0 fully saturated rings. The number of rotatable bonds is 42. The van der Waals surface area contributed by atoms with E-state index in [1.807, 2.05) is 66.8 Å². The van der Waals surface area contributed by atoms with E-state index >= 15 is 0 Å². The molecule has 0 aliphatic carbocycles. The minimum absolute atomic E-state index is 0.149. The first-order valence-electron chi connectivity index (χ1n) is 25.1. The maximum atomic E-state index is 12.8. The highest BCUT2D eigenvalue weighted by Gasteiger charge is 2.19. The number of ether oxygens (including phenoxy) is 3. The number of allylic oxidation sites excluding steroid dienone is 26. The van der Waals surface area contributed by atoms with Gasteiger partial charge in [0.1, 0.15) is 13.2 Å². The molecule has 6 heteroatoms. The predicted molar refractivity (Wildman–Crippen MR) is 278 cm³/mol. The average Bonchev–Trinajstić information content (AvgIpc) is 3.30. The van der Waals surface area contributed by atoms with Crippen molar-refractivity contribution >= 4 is 17.9 Å². The van der Waals surface area contributed by atoms with E-state index in [1.54, 1.807) is 0 Å².